The number of para-hydroxylation sites is 1. The van der Waals surface area contributed by atoms with Crippen LogP contribution in [0, 0.1) is 0 Å². The Morgan fingerprint density at radius 2 is 0.828 bits per heavy atom. The summed E-state index contributed by atoms with van der Waals surface area (Å²) < 4.78 is 2.36. The Morgan fingerprint density at radius 1 is 0.345 bits per heavy atom. The van der Waals surface area contributed by atoms with E-state index in [1.54, 1.807) is 0 Å². The summed E-state index contributed by atoms with van der Waals surface area (Å²) in [4.78, 5) is 14.8. The van der Waals surface area contributed by atoms with Crippen molar-refractivity contribution in [1.29, 1.82) is 0 Å². The second-order valence-corrected chi connectivity index (χ2v) is 15.7. The predicted octanol–water partition coefficient (Wildman–Crippen LogP) is 13.6. The average Bonchev–Trinajstić information content (AvgIpc) is 3.74. The van der Waals surface area contributed by atoms with Gasteiger partial charge in [0, 0.05) is 38.6 Å². The molecule has 0 bridgehead atoms. The van der Waals surface area contributed by atoms with E-state index in [1.165, 1.54) is 55.3 Å². The van der Waals surface area contributed by atoms with Gasteiger partial charge in [-0.2, -0.15) is 0 Å². The molecule has 0 fully saturated rings. The molecule has 1 aliphatic rings. The topological polar surface area (TPSA) is 43.6 Å². The van der Waals surface area contributed by atoms with Crippen molar-refractivity contribution < 1.29 is 0 Å². The largest absolute Gasteiger partial charge is 0.309 e. The van der Waals surface area contributed by atoms with Crippen molar-refractivity contribution in [2.24, 2.45) is 0 Å². The Morgan fingerprint density at radius 3 is 1.52 bits per heavy atom. The third-order valence-electron chi connectivity index (χ3n) is 11.9. The molecule has 0 spiro atoms. The van der Waals surface area contributed by atoms with Gasteiger partial charge < -0.3 is 4.57 Å². The van der Waals surface area contributed by atoms with E-state index in [2.05, 4.69) is 152 Å². The lowest BCUT2D eigenvalue weighted by Gasteiger charge is -2.22. The first-order chi connectivity index (χ1) is 28.5. The van der Waals surface area contributed by atoms with Crippen molar-refractivity contribution in [3.05, 3.63) is 205 Å². The van der Waals surface area contributed by atoms with E-state index in [9.17, 15) is 0 Å². The average molecular weight is 743 g/mol. The van der Waals surface area contributed by atoms with E-state index in [-0.39, 0.29) is 5.41 Å². The molecule has 10 aromatic rings. The van der Waals surface area contributed by atoms with Crippen LogP contribution in [-0.2, 0) is 5.41 Å². The van der Waals surface area contributed by atoms with Crippen LogP contribution < -0.4 is 0 Å². The Bertz CT molecular complexity index is 3120. The second kappa shape index (κ2) is 13.4. The third kappa shape index (κ3) is 5.56. The molecule has 8 aromatic carbocycles. The van der Waals surface area contributed by atoms with Crippen molar-refractivity contribution in [2.75, 3.05) is 0 Å². The first-order valence-electron chi connectivity index (χ1n) is 19.9. The lowest BCUT2D eigenvalue weighted by atomic mass is 9.81. The molecule has 1 aliphatic carbocycles. The summed E-state index contributed by atoms with van der Waals surface area (Å²) in [6.45, 7) is 4.69. The fraction of sp³-hybridized carbons (Fsp3) is 0.0556. The molecule has 11 rings (SSSR count). The number of aromatic nitrogens is 4. The lowest BCUT2D eigenvalue weighted by molar-refractivity contribution is 0.660. The molecule has 0 aliphatic heterocycles. The van der Waals surface area contributed by atoms with Gasteiger partial charge in [0.2, 0.25) is 0 Å². The fourth-order valence-electron chi connectivity index (χ4n) is 8.89. The minimum Gasteiger partial charge on any atom is -0.309 e. The minimum absolute atomic E-state index is 0.0380. The molecule has 0 atom stereocenters. The highest BCUT2D eigenvalue weighted by atomic mass is 15.0. The predicted molar refractivity (Wildman–Crippen MR) is 239 cm³/mol. The number of benzene rings is 8. The van der Waals surface area contributed by atoms with Crippen LogP contribution in [0.2, 0.25) is 0 Å². The maximum atomic E-state index is 4.96. The van der Waals surface area contributed by atoms with E-state index >= 15 is 0 Å². The Kier molecular flexibility index (Phi) is 7.80. The molecule has 0 amide bonds. The first-order valence-corrected chi connectivity index (χ1v) is 19.9. The van der Waals surface area contributed by atoms with Crippen molar-refractivity contribution in [1.82, 2.24) is 19.5 Å². The Hall–Kier alpha value is -7.43. The quantitative estimate of drug-likeness (QED) is 0.170. The van der Waals surface area contributed by atoms with Gasteiger partial charge in [-0.15, -0.1) is 0 Å². The number of fused-ring (bicyclic) bond motifs is 6. The van der Waals surface area contributed by atoms with Gasteiger partial charge in [-0.1, -0.05) is 153 Å². The van der Waals surface area contributed by atoms with Crippen LogP contribution in [0.15, 0.2) is 194 Å². The van der Waals surface area contributed by atoms with Gasteiger partial charge in [-0.05, 0) is 99.1 Å². The van der Waals surface area contributed by atoms with Crippen LogP contribution in [-0.4, -0.2) is 19.5 Å². The summed E-state index contributed by atoms with van der Waals surface area (Å²) in [5.74, 6) is 1.95. The number of hydrogen-bond acceptors (Lipinski definition) is 3. The van der Waals surface area contributed by atoms with E-state index < -0.39 is 0 Å². The minimum atomic E-state index is -0.0380. The Labute approximate surface area is 337 Å². The van der Waals surface area contributed by atoms with Crippen LogP contribution in [0.25, 0.3) is 95.0 Å². The number of hydrogen-bond donors (Lipinski definition) is 0. The highest BCUT2D eigenvalue weighted by Crippen LogP contribution is 2.49. The summed E-state index contributed by atoms with van der Waals surface area (Å²) in [5, 5.41) is 2.44. The smallest absolute Gasteiger partial charge is 0.164 e. The maximum absolute atomic E-state index is 4.96. The standard InChI is InChI=1S/C54H38N4/c1-54(2)47-22-11-9-20-43(47)44-30-26-41(34-48(44)54)39-19-13-18-38(32-39)40-27-31-50-46(33-40)45-21-10-12-23-49(45)58(50)42-28-24-37(25-29-42)53-56-51(35-14-5-3-6-15-35)55-52(57-53)36-16-7-4-8-17-36/h3-34H,1-2H3. The summed E-state index contributed by atoms with van der Waals surface area (Å²) >= 11 is 0. The zero-order valence-electron chi connectivity index (χ0n) is 32.3. The molecule has 0 saturated heterocycles. The molecule has 2 aromatic heterocycles. The van der Waals surface area contributed by atoms with Gasteiger partial charge in [0.15, 0.2) is 17.5 Å². The van der Waals surface area contributed by atoms with Crippen molar-refractivity contribution in [2.45, 2.75) is 19.3 Å². The second-order valence-electron chi connectivity index (χ2n) is 15.7. The van der Waals surface area contributed by atoms with Crippen molar-refractivity contribution >= 4 is 21.8 Å². The molecule has 2 heterocycles. The molecule has 0 N–H and O–H groups in total. The fourth-order valence-corrected chi connectivity index (χ4v) is 8.89. The highest BCUT2D eigenvalue weighted by Gasteiger charge is 2.35. The van der Waals surface area contributed by atoms with Gasteiger partial charge in [0.1, 0.15) is 0 Å². The van der Waals surface area contributed by atoms with E-state index in [1.807, 2.05) is 60.7 Å². The number of nitrogens with zero attached hydrogens (tertiary/aromatic N) is 4. The van der Waals surface area contributed by atoms with Crippen molar-refractivity contribution in [3.8, 4) is 73.2 Å². The van der Waals surface area contributed by atoms with Crippen LogP contribution in [0.5, 0.6) is 0 Å². The Balaban J connectivity index is 0.961. The van der Waals surface area contributed by atoms with Crippen LogP contribution in [0.1, 0.15) is 25.0 Å². The van der Waals surface area contributed by atoms with E-state index in [4.69, 9.17) is 15.0 Å². The van der Waals surface area contributed by atoms with Gasteiger partial charge >= 0.3 is 0 Å². The lowest BCUT2D eigenvalue weighted by Crippen LogP contribution is -2.14. The summed E-state index contributed by atoms with van der Waals surface area (Å²) in [6, 6.07) is 69.2. The zero-order chi connectivity index (χ0) is 38.8. The molecule has 0 unspecified atom stereocenters. The van der Waals surface area contributed by atoms with E-state index in [0.29, 0.717) is 17.5 Å². The molecular formula is C54H38N4. The van der Waals surface area contributed by atoms with Gasteiger partial charge in [-0.3, -0.25) is 0 Å². The first kappa shape index (κ1) is 33.9. The molecule has 274 valence electrons. The van der Waals surface area contributed by atoms with Gasteiger partial charge in [0.05, 0.1) is 11.0 Å². The van der Waals surface area contributed by atoms with E-state index in [0.717, 1.165) is 33.4 Å². The molecular weight excluding hydrogens is 705 g/mol. The van der Waals surface area contributed by atoms with Crippen LogP contribution >= 0.6 is 0 Å². The normalized spacial score (nSPS) is 12.8. The highest BCUT2D eigenvalue weighted by molar-refractivity contribution is 6.10. The molecule has 0 saturated carbocycles. The van der Waals surface area contributed by atoms with Gasteiger partial charge in [0.25, 0.3) is 0 Å². The SMILES string of the molecule is CC1(C)c2ccccc2-c2ccc(-c3cccc(-c4ccc5c(c4)c4ccccc4n5-c4ccc(-c5nc(-c6ccccc6)nc(-c6ccccc6)n5)cc4)c3)cc21. The van der Waals surface area contributed by atoms with Gasteiger partial charge in [-0.25, -0.2) is 15.0 Å². The maximum Gasteiger partial charge on any atom is 0.164 e. The zero-order valence-corrected chi connectivity index (χ0v) is 32.3. The molecule has 0 radical (unpaired) electrons. The summed E-state index contributed by atoms with van der Waals surface area (Å²) in [7, 11) is 0. The molecule has 4 heteroatoms. The number of rotatable bonds is 6. The van der Waals surface area contributed by atoms with Crippen LogP contribution in [0.4, 0.5) is 0 Å². The third-order valence-corrected chi connectivity index (χ3v) is 11.9. The van der Waals surface area contributed by atoms with Crippen LogP contribution in [0.3, 0.4) is 0 Å². The molecule has 58 heavy (non-hydrogen) atoms. The molecule has 4 nitrogen and oxygen atoms in total. The summed E-state index contributed by atoms with van der Waals surface area (Å²) in [6.07, 6.45) is 0. The summed E-state index contributed by atoms with van der Waals surface area (Å²) in [5.41, 5.74) is 16.5. The van der Waals surface area contributed by atoms with Crippen molar-refractivity contribution in [3.63, 3.8) is 0 Å². The monoisotopic (exact) mass is 742 g/mol.